The Kier molecular flexibility index (Phi) is 2.99. The van der Waals surface area contributed by atoms with E-state index in [0.29, 0.717) is 6.61 Å². The quantitative estimate of drug-likeness (QED) is 0.640. The largest absolute Gasteiger partial charge is 0.463 e. The maximum absolute atomic E-state index is 11.6. The van der Waals surface area contributed by atoms with E-state index in [0.717, 1.165) is 29.9 Å². The first-order chi connectivity index (χ1) is 9.29. The molecule has 0 fully saturated rings. The fourth-order valence-corrected chi connectivity index (χ4v) is 2.53. The third kappa shape index (κ3) is 2.10. The molecule has 0 radical (unpaired) electrons. The summed E-state index contributed by atoms with van der Waals surface area (Å²) < 4.78 is 4.96. The molecule has 0 saturated carbocycles. The lowest BCUT2D eigenvalue weighted by Gasteiger charge is -2.17. The van der Waals surface area contributed by atoms with E-state index in [1.807, 2.05) is 12.1 Å². The molecule has 1 aliphatic rings. The fraction of sp³-hybridized carbons (Fsp3) is 0.267. The standard InChI is InChI=1S/C15H16N2O2/c1-2-19-14(18)9-13-15-11(7-8-16-13)10-5-3-4-6-12(10)17-15/h3-6,9,16-17H,2,7-8H2,1H3/b13-9-. The van der Waals surface area contributed by atoms with Gasteiger partial charge in [0.25, 0.3) is 0 Å². The van der Waals surface area contributed by atoms with Crippen LogP contribution in [0.3, 0.4) is 0 Å². The molecule has 0 atom stereocenters. The molecule has 1 aromatic carbocycles. The van der Waals surface area contributed by atoms with Crippen LogP contribution < -0.4 is 5.32 Å². The zero-order valence-corrected chi connectivity index (χ0v) is 10.8. The van der Waals surface area contributed by atoms with Crippen molar-refractivity contribution in [3.63, 3.8) is 0 Å². The van der Waals surface area contributed by atoms with Crippen LogP contribution in [-0.2, 0) is 16.0 Å². The molecule has 98 valence electrons. The van der Waals surface area contributed by atoms with Gasteiger partial charge in [-0.1, -0.05) is 18.2 Å². The number of carbonyl (C=O) groups is 1. The van der Waals surface area contributed by atoms with Crippen LogP contribution in [-0.4, -0.2) is 24.1 Å². The van der Waals surface area contributed by atoms with Gasteiger partial charge in [0.05, 0.1) is 18.0 Å². The molecule has 0 amide bonds. The lowest BCUT2D eigenvalue weighted by atomic mass is 10.0. The molecule has 2 aromatic rings. The van der Waals surface area contributed by atoms with E-state index in [4.69, 9.17) is 4.74 Å². The van der Waals surface area contributed by atoms with E-state index < -0.39 is 0 Å². The van der Waals surface area contributed by atoms with E-state index in [9.17, 15) is 4.79 Å². The minimum atomic E-state index is -0.309. The summed E-state index contributed by atoms with van der Waals surface area (Å²) in [5.74, 6) is -0.309. The molecule has 19 heavy (non-hydrogen) atoms. The van der Waals surface area contributed by atoms with Crippen LogP contribution in [0.4, 0.5) is 0 Å². The highest BCUT2D eigenvalue weighted by atomic mass is 16.5. The number of fused-ring (bicyclic) bond motifs is 3. The summed E-state index contributed by atoms with van der Waals surface area (Å²) in [7, 11) is 0. The van der Waals surface area contributed by atoms with E-state index in [2.05, 4.69) is 22.4 Å². The number of aromatic amines is 1. The van der Waals surface area contributed by atoms with Crippen molar-refractivity contribution in [2.75, 3.05) is 13.2 Å². The molecule has 0 aliphatic carbocycles. The molecule has 0 unspecified atom stereocenters. The average molecular weight is 256 g/mol. The molecule has 2 N–H and O–H groups in total. The molecule has 4 nitrogen and oxygen atoms in total. The van der Waals surface area contributed by atoms with Crippen LogP contribution in [0.15, 0.2) is 30.3 Å². The van der Waals surface area contributed by atoms with Crippen molar-refractivity contribution in [1.82, 2.24) is 10.3 Å². The number of H-pyrrole nitrogens is 1. The maximum atomic E-state index is 11.6. The average Bonchev–Trinajstić information content (AvgIpc) is 2.79. The molecule has 0 saturated heterocycles. The maximum Gasteiger partial charge on any atom is 0.332 e. The fourth-order valence-electron chi connectivity index (χ4n) is 2.53. The van der Waals surface area contributed by atoms with Gasteiger partial charge in [-0.05, 0) is 25.0 Å². The second-order valence-corrected chi connectivity index (χ2v) is 4.51. The van der Waals surface area contributed by atoms with Gasteiger partial charge in [0.1, 0.15) is 0 Å². The normalized spacial score (nSPS) is 16.2. The van der Waals surface area contributed by atoms with E-state index >= 15 is 0 Å². The van der Waals surface area contributed by atoms with Gasteiger partial charge < -0.3 is 15.0 Å². The van der Waals surface area contributed by atoms with E-state index in [1.165, 1.54) is 17.0 Å². The predicted octanol–water partition coefficient (Wildman–Crippen LogP) is 2.22. The second kappa shape index (κ2) is 4.80. The Bertz CT molecular complexity index is 655. The van der Waals surface area contributed by atoms with Gasteiger partial charge in [-0.15, -0.1) is 0 Å². The zero-order chi connectivity index (χ0) is 13.2. The first kappa shape index (κ1) is 11.8. The summed E-state index contributed by atoms with van der Waals surface area (Å²) in [5, 5.41) is 4.48. The van der Waals surface area contributed by atoms with Crippen LogP contribution in [0.25, 0.3) is 16.6 Å². The van der Waals surface area contributed by atoms with Crippen LogP contribution >= 0.6 is 0 Å². The lowest BCUT2D eigenvalue weighted by molar-refractivity contribution is -0.137. The molecular formula is C15H16N2O2. The van der Waals surface area contributed by atoms with Crippen LogP contribution in [0.5, 0.6) is 0 Å². The van der Waals surface area contributed by atoms with Gasteiger partial charge >= 0.3 is 5.97 Å². The number of hydrogen-bond acceptors (Lipinski definition) is 3. The highest BCUT2D eigenvalue weighted by Crippen LogP contribution is 2.29. The third-order valence-electron chi connectivity index (χ3n) is 3.32. The number of esters is 1. The van der Waals surface area contributed by atoms with Gasteiger partial charge in [0, 0.05) is 23.5 Å². The van der Waals surface area contributed by atoms with Crippen molar-refractivity contribution >= 4 is 22.6 Å². The molecule has 0 bridgehead atoms. The van der Waals surface area contributed by atoms with Crippen molar-refractivity contribution in [2.24, 2.45) is 0 Å². The van der Waals surface area contributed by atoms with Crippen molar-refractivity contribution in [3.8, 4) is 0 Å². The molecule has 1 aliphatic heterocycles. The molecule has 2 heterocycles. The minimum Gasteiger partial charge on any atom is -0.463 e. The van der Waals surface area contributed by atoms with Gasteiger partial charge in [-0.2, -0.15) is 0 Å². The summed E-state index contributed by atoms with van der Waals surface area (Å²) in [6.07, 6.45) is 2.48. The Hall–Kier alpha value is -2.23. The first-order valence-electron chi connectivity index (χ1n) is 6.52. The summed E-state index contributed by atoms with van der Waals surface area (Å²) in [6, 6.07) is 8.20. The molecular weight excluding hydrogens is 240 g/mol. The summed E-state index contributed by atoms with van der Waals surface area (Å²) in [5.41, 5.74) is 4.19. The Balaban J connectivity index is 2.07. The number of nitrogens with one attached hydrogen (secondary N) is 2. The Morgan fingerprint density at radius 1 is 1.42 bits per heavy atom. The summed E-state index contributed by atoms with van der Waals surface area (Å²) in [4.78, 5) is 15.0. The molecule has 4 heteroatoms. The van der Waals surface area contributed by atoms with Crippen LogP contribution in [0, 0.1) is 0 Å². The Morgan fingerprint density at radius 3 is 3.11 bits per heavy atom. The molecule has 0 spiro atoms. The van der Waals surface area contributed by atoms with E-state index in [-0.39, 0.29) is 5.97 Å². The minimum absolute atomic E-state index is 0.309. The summed E-state index contributed by atoms with van der Waals surface area (Å²) >= 11 is 0. The number of ether oxygens (including phenoxy) is 1. The number of rotatable bonds is 2. The number of hydrogen-bond donors (Lipinski definition) is 2. The highest BCUT2D eigenvalue weighted by Gasteiger charge is 2.19. The van der Waals surface area contributed by atoms with Crippen molar-refractivity contribution < 1.29 is 9.53 Å². The molecule has 3 rings (SSSR count). The number of para-hydroxylation sites is 1. The second-order valence-electron chi connectivity index (χ2n) is 4.51. The van der Waals surface area contributed by atoms with Gasteiger partial charge in [-0.3, -0.25) is 0 Å². The van der Waals surface area contributed by atoms with E-state index in [1.54, 1.807) is 6.92 Å². The summed E-state index contributed by atoms with van der Waals surface area (Å²) in [6.45, 7) is 3.03. The first-order valence-corrected chi connectivity index (χ1v) is 6.52. The van der Waals surface area contributed by atoms with Gasteiger partial charge in [-0.25, -0.2) is 4.79 Å². The third-order valence-corrected chi connectivity index (χ3v) is 3.32. The zero-order valence-electron chi connectivity index (χ0n) is 10.8. The monoisotopic (exact) mass is 256 g/mol. The van der Waals surface area contributed by atoms with Gasteiger partial charge in [0.2, 0.25) is 0 Å². The van der Waals surface area contributed by atoms with Crippen molar-refractivity contribution in [3.05, 3.63) is 41.6 Å². The van der Waals surface area contributed by atoms with Gasteiger partial charge in [0.15, 0.2) is 0 Å². The van der Waals surface area contributed by atoms with Crippen molar-refractivity contribution in [2.45, 2.75) is 13.3 Å². The lowest BCUT2D eigenvalue weighted by Crippen LogP contribution is -2.23. The van der Waals surface area contributed by atoms with Crippen LogP contribution in [0.2, 0.25) is 0 Å². The highest BCUT2D eigenvalue weighted by molar-refractivity contribution is 5.95. The number of carbonyl (C=O) groups excluding carboxylic acids is 1. The topological polar surface area (TPSA) is 54.1 Å². The Morgan fingerprint density at radius 2 is 2.26 bits per heavy atom. The van der Waals surface area contributed by atoms with Crippen molar-refractivity contribution in [1.29, 1.82) is 0 Å². The smallest absolute Gasteiger partial charge is 0.332 e. The Labute approximate surface area is 111 Å². The predicted molar refractivity (Wildman–Crippen MR) is 74.6 cm³/mol. The number of benzene rings is 1. The molecule has 1 aromatic heterocycles. The van der Waals surface area contributed by atoms with Crippen LogP contribution in [0.1, 0.15) is 18.2 Å². The SMILES string of the molecule is CCOC(=O)/C=C1\NCCc2c1[nH]c1ccccc21. The number of aromatic nitrogens is 1.